The topological polar surface area (TPSA) is 54.5 Å². The molecule has 0 atom stereocenters. The van der Waals surface area contributed by atoms with Gasteiger partial charge in [0.25, 0.3) is 5.91 Å². The molecule has 1 saturated heterocycles. The number of hydrogen-bond donors (Lipinski definition) is 0. The Labute approximate surface area is 183 Å². The second kappa shape index (κ2) is 8.35. The first-order valence-corrected chi connectivity index (χ1v) is 11.3. The minimum atomic E-state index is 0.159. The van der Waals surface area contributed by atoms with Gasteiger partial charge in [0.15, 0.2) is 0 Å². The lowest BCUT2D eigenvalue weighted by molar-refractivity contribution is 0.0697. The van der Waals surface area contributed by atoms with Crippen LogP contribution in [0.15, 0.2) is 47.7 Å². The molecule has 6 nitrogen and oxygen atoms in total. The van der Waals surface area contributed by atoms with Gasteiger partial charge in [-0.3, -0.25) is 9.69 Å². The molecule has 2 aliphatic rings. The second-order valence-electron chi connectivity index (χ2n) is 8.92. The van der Waals surface area contributed by atoms with Gasteiger partial charge in [0.2, 0.25) is 5.89 Å². The number of nitrogens with zero attached hydrogens (tertiary/aromatic N) is 4. The Kier molecular flexibility index (Phi) is 5.40. The molecule has 0 radical (unpaired) electrons. The van der Waals surface area contributed by atoms with Crippen LogP contribution in [0.1, 0.15) is 47.3 Å². The van der Waals surface area contributed by atoms with Crippen molar-refractivity contribution in [1.29, 1.82) is 0 Å². The van der Waals surface area contributed by atoms with Crippen LogP contribution in [0.3, 0.4) is 0 Å². The van der Waals surface area contributed by atoms with Crippen molar-refractivity contribution >= 4 is 16.8 Å². The number of benzene rings is 1. The van der Waals surface area contributed by atoms with Crippen molar-refractivity contribution in [1.82, 2.24) is 19.4 Å². The molecule has 3 aromatic rings. The van der Waals surface area contributed by atoms with Gasteiger partial charge in [-0.15, -0.1) is 6.58 Å². The fourth-order valence-electron chi connectivity index (χ4n) is 5.03. The Morgan fingerprint density at radius 2 is 2.13 bits per heavy atom. The SMILES string of the molecule is C=CCn1c2c(c3cc(C(=O)N4CCC(C)CC4)ccc31)CN(Cc1ncco1)CC2. The van der Waals surface area contributed by atoms with E-state index < -0.39 is 0 Å². The van der Waals surface area contributed by atoms with Crippen LogP contribution in [0.4, 0.5) is 0 Å². The third-order valence-corrected chi connectivity index (χ3v) is 6.80. The Bertz CT molecular complexity index is 1090. The molecule has 31 heavy (non-hydrogen) atoms. The summed E-state index contributed by atoms with van der Waals surface area (Å²) in [6.45, 7) is 11.2. The van der Waals surface area contributed by atoms with Crippen molar-refractivity contribution in [2.24, 2.45) is 5.92 Å². The predicted molar refractivity (Wildman–Crippen MR) is 121 cm³/mol. The van der Waals surface area contributed by atoms with Crippen LogP contribution < -0.4 is 0 Å². The highest BCUT2D eigenvalue weighted by molar-refractivity contribution is 5.99. The maximum atomic E-state index is 13.2. The molecule has 162 valence electrons. The average molecular weight is 419 g/mol. The van der Waals surface area contributed by atoms with Crippen molar-refractivity contribution in [2.75, 3.05) is 19.6 Å². The van der Waals surface area contributed by atoms with Gasteiger partial charge in [-0.25, -0.2) is 4.98 Å². The lowest BCUT2D eigenvalue weighted by atomic mass is 9.98. The molecule has 1 amide bonds. The molecular formula is C25H30N4O2. The predicted octanol–water partition coefficient (Wildman–Crippen LogP) is 4.25. The summed E-state index contributed by atoms with van der Waals surface area (Å²) in [6, 6.07) is 6.23. The van der Waals surface area contributed by atoms with Crippen LogP contribution in [-0.2, 0) is 26.1 Å². The molecule has 1 fully saturated rings. The molecule has 2 aromatic heterocycles. The number of likely N-dealkylation sites (tertiary alicyclic amines) is 1. The zero-order valence-corrected chi connectivity index (χ0v) is 18.2. The summed E-state index contributed by atoms with van der Waals surface area (Å²) in [5.74, 6) is 1.61. The number of hydrogen-bond acceptors (Lipinski definition) is 4. The normalized spacial score (nSPS) is 17.8. The number of allylic oxidation sites excluding steroid dienone is 1. The van der Waals surface area contributed by atoms with E-state index in [0.29, 0.717) is 12.5 Å². The summed E-state index contributed by atoms with van der Waals surface area (Å²) in [6.07, 6.45) is 8.42. The molecular weight excluding hydrogens is 388 g/mol. The van der Waals surface area contributed by atoms with Crippen molar-refractivity contribution in [3.63, 3.8) is 0 Å². The molecule has 4 heterocycles. The summed E-state index contributed by atoms with van der Waals surface area (Å²) < 4.78 is 7.82. The smallest absolute Gasteiger partial charge is 0.253 e. The first-order valence-electron chi connectivity index (χ1n) is 11.3. The van der Waals surface area contributed by atoms with Gasteiger partial charge in [0.05, 0.1) is 12.7 Å². The van der Waals surface area contributed by atoms with E-state index in [4.69, 9.17) is 4.42 Å². The van der Waals surface area contributed by atoms with E-state index in [1.54, 1.807) is 12.5 Å². The second-order valence-corrected chi connectivity index (χ2v) is 8.92. The van der Waals surface area contributed by atoms with E-state index in [9.17, 15) is 4.79 Å². The summed E-state index contributed by atoms with van der Waals surface area (Å²) in [7, 11) is 0. The van der Waals surface area contributed by atoms with E-state index >= 15 is 0 Å². The van der Waals surface area contributed by atoms with Crippen LogP contribution in [0.5, 0.6) is 0 Å². The Balaban J connectivity index is 1.48. The maximum Gasteiger partial charge on any atom is 0.253 e. The summed E-state index contributed by atoms with van der Waals surface area (Å²) in [5.41, 5.74) is 4.66. The molecule has 2 aliphatic heterocycles. The lowest BCUT2D eigenvalue weighted by Crippen LogP contribution is -2.37. The number of piperidine rings is 1. The molecule has 6 heteroatoms. The van der Waals surface area contributed by atoms with Crippen LogP contribution in [0, 0.1) is 5.92 Å². The molecule has 0 saturated carbocycles. The Hall–Kier alpha value is -2.86. The summed E-state index contributed by atoms with van der Waals surface area (Å²) >= 11 is 0. The number of fused-ring (bicyclic) bond motifs is 3. The van der Waals surface area contributed by atoms with Gasteiger partial charge in [-0.2, -0.15) is 0 Å². The highest BCUT2D eigenvalue weighted by atomic mass is 16.3. The quantitative estimate of drug-likeness (QED) is 0.582. The molecule has 0 N–H and O–H groups in total. The monoisotopic (exact) mass is 418 g/mol. The van der Waals surface area contributed by atoms with E-state index in [0.717, 1.165) is 63.4 Å². The van der Waals surface area contributed by atoms with Gasteiger partial charge in [0, 0.05) is 61.3 Å². The number of carbonyl (C=O) groups excluding carboxylic acids is 1. The van der Waals surface area contributed by atoms with Crippen LogP contribution in [0.2, 0.25) is 0 Å². The van der Waals surface area contributed by atoms with E-state index in [1.165, 1.54) is 22.2 Å². The van der Waals surface area contributed by atoms with Gasteiger partial charge >= 0.3 is 0 Å². The first-order chi connectivity index (χ1) is 15.1. The highest BCUT2D eigenvalue weighted by Gasteiger charge is 2.26. The highest BCUT2D eigenvalue weighted by Crippen LogP contribution is 2.33. The fourth-order valence-corrected chi connectivity index (χ4v) is 5.03. The maximum absolute atomic E-state index is 13.2. The zero-order valence-electron chi connectivity index (χ0n) is 18.2. The van der Waals surface area contributed by atoms with E-state index in [2.05, 4.69) is 40.1 Å². The van der Waals surface area contributed by atoms with Crippen molar-refractivity contribution in [3.05, 3.63) is 66.0 Å². The standard InChI is InChI=1S/C25H30N4O2/c1-3-10-29-22-5-4-19(25(30)28-12-6-18(2)7-13-28)15-20(22)21-16-27(11-8-23(21)29)17-24-26-9-14-31-24/h3-5,9,14-15,18H,1,6-8,10-13,16-17H2,2H3. The summed E-state index contributed by atoms with van der Waals surface area (Å²) in [4.78, 5) is 21.9. The van der Waals surface area contributed by atoms with Crippen molar-refractivity contribution < 1.29 is 9.21 Å². The summed E-state index contributed by atoms with van der Waals surface area (Å²) in [5, 5.41) is 1.19. The Morgan fingerprint density at radius 3 is 2.87 bits per heavy atom. The molecule has 5 rings (SSSR count). The van der Waals surface area contributed by atoms with Crippen molar-refractivity contribution in [3.8, 4) is 0 Å². The van der Waals surface area contributed by atoms with Gasteiger partial charge in [-0.05, 0) is 42.5 Å². The number of rotatable bonds is 5. The van der Waals surface area contributed by atoms with Crippen LogP contribution >= 0.6 is 0 Å². The largest absolute Gasteiger partial charge is 0.448 e. The molecule has 0 bridgehead atoms. The first kappa shape index (κ1) is 20.1. The molecule has 0 aliphatic carbocycles. The molecule has 0 unspecified atom stereocenters. The minimum absolute atomic E-state index is 0.159. The van der Waals surface area contributed by atoms with Crippen LogP contribution in [-0.4, -0.2) is 44.9 Å². The van der Waals surface area contributed by atoms with E-state index in [1.807, 2.05) is 17.0 Å². The van der Waals surface area contributed by atoms with Crippen LogP contribution in [0.25, 0.3) is 10.9 Å². The van der Waals surface area contributed by atoms with Gasteiger partial charge in [0.1, 0.15) is 6.26 Å². The third kappa shape index (κ3) is 3.81. The van der Waals surface area contributed by atoms with Crippen molar-refractivity contribution in [2.45, 2.75) is 45.8 Å². The molecule has 0 spiro atoms. The van der Waals surface area contributed by atoms with Gasteiger partial charge in [-0.1, -0.05) is 13.0 Å². The number of amides is 1. The number of aromatic nitrogens is 2. The zero-order chi connectivity index (χ0) is 21.4. The molecule has 1 aromatic carbocycles. The average Bonchev–Trinajstić information content (AvgIpc) is 3.40. The minimum Gasteiger partial charge on any atom is -0.448 e. The van der Waals surface area contributed by atoms with E-state index in [-0.39, 0.29) is 5.91 Å². The Morgan fingerprint density at radius 1 is 1.29 bits per heavy atom. The fraction of sp³-hybridized carbons (Fsp3) is 0.440. The lowest BCUT2D eigenvalue weighted by Gasteiger charge is -2.30. The third-order valence-electron chi connectivity index (χ3n) is 6.80. The van der Waals surface area contributed by atoms with Gasteiger partial charge < -0.3 is 13.9 Å². The number of oxazole rings is 1. The number of carbonyl (C=O) groups is 1.